The van der Waals surface area contributed by atoms with Crippen LogP contribution in [-0.2, 0) is 10.8 Å². The van der Waals surface area contributed by atoms with Crippen LogP contribution in [0.3, 0.4) is 0 Å². The number of alkyl halides is 1. The molecule has 3 nitrogen and oxygen atoms in total. The number of halogens is 1. The maximum Gasteiger partial charge on any atom is 0.253 e. The number of hydrogen-bond donors (Lipinski definition) is 1. The molecule has 0 aliphatic carbocycles. The van der Waals surface area contributed by atoms with E-state index >= 15 is 0 Å². The van der Waals surface area contributed by atoms with Crippen LogP contribution in [0, 0.1) is 0 Å². The second kappa shape index (κ2) is 5.60. The molecule has 82 valence electrons. The molecule has 1 amide bonds. The summed E-state index contributed by atoms with van der Waals surface area (Å²) >= 11 is 0. The lowest BCUT2D eigenvalue weighted by Gasteiger charge is -2.08. The first-order valence-corrected chi connectivity index (χ1v) is 6.12. The number of rotatable bonds is 4. The zero-order chi connectivity index (χ0) is 11.3. The highest BCUT2D eigenvalue weighted by Gasteiger charge is 2.13. The van der Waals surface area contributed by atoms with Crippen LogP contribution in [0.25, 0.3) is 0 Å². The lowest BCUT2D eigenvalue weighted by molar-refractivity contribution is 0.0906. The molecule has 0 saturated carbocycles. The molecular weight excluding hydrogens is 217 g/mol. The quantitative estimate of drug-likeness (QED) is 0.786. The zero-order valence-electron chi connectivity index (χ0n) is 8.27. The first-order chi connectivity index (χ1) is 7.09. The van der Waals surface area contributed by atoms with Crippen molar-refractivity contribution < 1.29 is 13.4 Å². The fourth-order valence-electron chi connectivity index (χ4n) is 1.06. The summed E-state index contributed by atoms with van der Waals surface area (Å²) in [6.45, 7) is 0. The molecule has 1 aromatic rings. The summed E-state index contributed by atoms with van der Waals surface area (Å²) in [5.41, 5.74) is 0.391. The smallest absolute Gasteiger partial charge is 0.253 e. The summed E-state index contributed by atoms with van der Waals surface area (Å²) in [6.07, 6.45) is -0.176. The first-order valence-electron chi connectivity index (χ1n) is 4.39. The molecule has 0 aliphatic rings. The summed E-state index contributed by atoms with van der Waals surface area (Å²) in [7, 11) is -1.26. The van der Waals surface area contributed by atoms with Gasteiger partial charge in [0, 0.05) is 22.6 Å². The van der Waals surface area contributed by atoms with Gasteiger partial charge in [0.2, 0.25) is 0 Å². The second-order valence-electron chi connectivity index (χ2n) is 3.05. The molecule has 2 unspecified atom stereocenters. The number of benzene rings is 1. The van der Waals surface area contributed by atoms with Gasteiger partial charge in [-0.25, -0.2) is 4.39 Å². The van der Waals surface area contributed by atoms with Crippen molar-refractivity contribution in [1.82, 2.24) is 5.32 Å². The second-order valence-corrected chi connectivity index (χ2v) is 4.53. The minimum absolute atomic E-state index is 0.182. The van der Waals surface area contributed by atoms with Gasteiger partial charge in [-0.3, -0.25) is 9.00 Å². The van der Waals surface area contributed by atoms with E-state index in [1.165, 1.54) is 6.26 Å². The van der Waals surface area contributed by atoms with E-state index in [2.05, 4.69) is 5.32 Å². The van der Waals surface area contributed by atoms with Crippen molar-refractivity contribution in [3.63, 3.8) is 0 Å². The van der Waals surface area contributed by atoms with Gasteiger partial charge in [-0.2, -0.15) is 0 Å². The van der Waals surface area contributed by atoms with E-state index in [0.29, 0.717) is 5.56 Å². The maximum absolute atomic E-state index is 13.1. The molecule has 2 atom stereocenters. The lowest BCUT2D eigenvalue weighted by atomic mass is 10.2. The fraction of sp³-hybridized carbons (Fsp3) is 0.300. The SMILES string of the molecule is CS(=O)CC(F)NC(=O)c1ccccc1. The standard InChI is InChI=1S/C10H12FNO2S/c1-15(14)7-9(11)12-10(13)8-5-3-2-4-6-8/h2-6,9H,7H2,1H3,(H,12,13). The molecule has 0 heterocycles. The number of nitrogens with one attached hydrogen (secondary N) is 1. The Bertz CT molecular complexity index is 356. The summed E-state index contributed by atoms with van der Waals surface area (Å²) in [6, 6.07) is 8.33. The number of amides is 1. The Hall–Kier alpha value is -1.23. The minimum Gasteiger partial charge on any atom is -0.322 e. The maximum atomic E-state index is 13.1. The Morgan fingerprint density at radius 2 is 2.07 bits per heavy atom. The number of carbonyl (C=O) groups excluding carboxylic acids is 1. The van der Waals surface area contributed by atoms with E-state index in [4.69, 9.17) is 0 Å². The summed E-state index contributed by atoms with van der Waals surface area (Å²) in [5.74, 6) is -0.674. The van der Waals surface area contributed by atoms with Crippen LogP contribution in [0.2, 0.25) is 0 Å². The average molecular weight is 229 g/mol. The molecule has 1 rings (SSSR count). The van der Waals surface area contributed by atoms with Gasteiger partial charge in [-0.15, -0.1) is 0 Å². The molecule has 0 aliphatic heterocycles. The monoisotopic (exact) mass is 229 g/mol. The van der Waals surface area contributed by atoms with Crippen LogP contribution in [0.5, 0.6) is 0 Å². The third-order valence-electron chi connectivity index (χ3n) is 1.70. The largest absolute Gasteiger partial charge is 0.322 e. The summed E-state index contributed by atoms with van der Waals surface area (Å²) in [5, 5.41) is 2.13. The van der Waals surface area contributed by atoms with Crippen LogP contribution < -0.4 is 5.32 Å². The average Bonchev–Trinajstić information content (AvgIpc) is 2.17. The van der Waals surface area contributed by atoms with Gasteiger partial charge in [0.05, 0.1) is 5.75 Å². The molecule has 0 saturated heterocycles. The van der Waals surface area contributed by atoms with Crippen LogP contribution in [0.4, 0.5) is 4.39 Å². The third-order valence-corrected chi connectivity index (χ3v) is 2.47. The molecule has 5 heteroatoms. The summed E-state index contributed by atoms with van der Waals surface area (Å²) < 4.78 is 23.8. The van der Waals surface area contributed by atoms with Crippen molar-refractivity contribution >= 4 is 16.7 Å². The molecule has 1 aromatic carbocycles. The zero-order valence-corrected chi connectivity index (χ0v) is 9.09. The molecule has 15 heavy (non-hydrogen) atoms. The Kier molecular flexibility index (Phi) is 4.42. The van der Waals surface area contributed by atoms with Crippen molar-refractivity contribution in [3.05, 3.63) is 35.9 Å². The van der Waals surface area contributed by atoms with Gasteiger partial charge in [0.15, 0.2) is 6.30 Å². The van der Waals surface area contributed by atoms with Gasteiger partial charge in [-0.05, 0) is 12.1 Å². The molecule has 0 fully saturated rings. The highest BCUT2D eigenvalue weighted by molar-refractivity contribution is 7.84. The highest BCUT2D eigenvalue weighted by atomic mass is 32.2. The predicted molar refractivity (Wildman–Crippen MR) is 57.7 cm³/mol. The topological polar surface area (TPSA) is 46.2 Å². The Labute approximate surface area is 90.1 Å². The first kappa shape index (κ1) is 11.8. The van der Waals surface area contributed by atoms with Gasteiger partial charge in [0.1, 0.15) is 0 Å². The van der Waals surface area contributed by atoms with Gasteiger partial charge >= 0.3 is 0 Å². The molecular formula is C10H12FNO2S. The van der Waals surface area contributed by atoms with Crippen molar-refractivity contribution in [1.29, 1.82) is 0 Å². The Balaban J connectivity index is 2.53. The molecule has 0 spiro atoms. The van der Waals surface area contributed by atoms with E-state index < -0.39 is 23.0 Å². The van der Waals surface area contributed by atoms with Gasteiger partial charge in [0.25, 0.3) is 5.91 Å². The van der Waals surface area contributed by atoms with Crippen LogP contribution >= 0.6 is 0 Å². The molecule has 0 bridgehead atoms. The molecule has 1 N–H and O–H groups in total. The van der Waals surface area contributed by atoms with Crippen LogP contribution in [0.1, 0.15) is 10.4 Å². The van der Waals surface area contributed by atoms with E-state index in [1.807, 2.05) is 0 Å². The van der Waals surface area contributed by atoms with Crippen LogP contribution in [0.15, 0.2) is 30.3 Å². The Morgan fingerprint density at radius 1 is 1.47 bits per heavy atom. The third kappa shape index (κ3) is 4.20. The lowest BCUT2D eigenvalue weighted by Crippen LogP contribution is -2.35. The highest BCUT2D eigenvalue weighted by Crippen LogP contribution is 1.99. The van der Waals surface area contributed by atoms with Crippen molar-refractivity contribution in [3.8, 4) is 0 Å². The molecule has 0 radical (unpaired) electrons. The van der Waals surface area contributed by atoms with Crippen molar-refractivity contribution in [2.75, 3.05) is 12.0 Å². The normalized spacial score (nSPS) is 14.3. The summed E-state index contributed by atoms with van der Waals surface area (Å²) in [4.78, 5) is 11.4. The van der Waals surface area contributed by atoms with Crippen molar-refractivity contribution in [2.24, 2.45) is 0 Å². The van der Waals surface area contributed by atoms with E-state index in [9.17, 15) is 13.4 Å². The van der Waals surface area contributed by atoms with Gasteiger partial charge < -0.3 is 5.32 Å². The number of hydrogen-bond acceptors (Lipinski definition) is 2. The van der Waals surface area contributed by atoms with E-state index in [1.54, 1.807) is 30.3 Å². The predicted octanol–water partition coefficient (Wildman–Crippen LogP) is 1.09. The van der Waals surface area contributed by atoms with E-state index in [-0.39, 0.29) is 5.75 Å². The fourth-order valence-corrected chi connectivity index (χ4v) is 1.56. The minimum atomic E-state index is -1.57. The van der Waals surface area contributed by atoms with E-state index in [0.717, 1.165) is 0 Å². The van der Waals surface area contributed by atoms with Crippen LogP contribution in [-0.4, -0.2) is 28.4 Å². The Morgan fingerprint density at radius 3 is 2.60 bits per heavy atom. The number of carbonyl (C=O) groups is 1. The van der Waals surface area contributed by atoms with Crippen molar-refractivity contribution in [2.45, 2.75) is 6.30 Å². The van der Waals surface area contributed by atoms with Gasteiger partial charge in [-0.1, -0.05) is 18.2 Å². The molecule has 0 aromatic heterocycles.